The van der Waals surface area contributed by atoms with Crippen LogP contribution in [0, 0.1) is 34.0 Å². The summed E-state index contributed by atoms with van der Waals surface area (Å²) in [6.45, 7) is 46.0. The summed E-state index contributed by atoms with van der Waals surface area (Å²) in [5.74, 6) is 1.84. The van der Waals surface area contributed by atoms with Crippen LogP contribution in [0.1, 0.15) is 246 Å². The van der Waals surface area contributed by atoms with E-state index < -0.39 is 0 Å². The predicted molar refractivity (Wildman–Crippen MR) is 372 cm³/mol. The van der Waals surface area contributed by atoms with Gasteiger partial charge >= 0.3 is 0 Å². The van der Waals surface area contributed by atoms with Crippen LogP contribution in [0.3, 0.4) is 0 Å². The lowest BCUT2D eigenvalue weighted by Crippen LogP contribution is -2.61. The molecule has 86 heavy (non-hydrogen) atoms. The number of thiophene rings is 1. The summed E-state index contributed by atoms with van der Waals surface area (Å²) in [5, 5.41) is 1.47. The molecule has 0 saturated heterocycles. The Labute approximate surface area is 523 Å². The van der Waals surface area contributed by atoms with Crippen LogP contribution in [0.5, 0.6) is 0 Å². The maximum absolute atomic E-state index is 3.00. The van der Waals surface area contributed by atoms with E-state index in [2.05, 4.69) is 261 Å². The number of anilines is 5. The summed E-state index contributed by atoms with van der Waals surface area (Å²) < 4.78 is 3.01. The highest BCUT2D eigenvalue weighted by Gasteiger charge is 2.60. The summed E-state index contributed by atoms with van der Waals surface area (Å²) in [5.41, 5.74) is 27.2. The van der Waals surface area contributed by atoms with E-state index in [1.165, 1.54) is 147 Å². The van der Waals surface area contributed by atoms with Crippen LogP contribution in [0.2, 0.25) is 0 Å². The zero-order valence-electron chi connectivity index (χ0n) is 55.9. The van der Waals surface area contributed by atoms with Gasteiger partial charge in [-0.25, -0.2) is 0 Å². The Balaban J connectivity index is 1.09. The van der Waals surface area contributed by atoms with E-state index in [0.717, 1.165) is 6.42 Å². The molecule has 446 valence electrons. The number of nitrogens with zero attached hydrogens (tertiary/aromatic N) is 2. The lowest BCUT2D eigenvalue weighted by atomic mass is 9.35. The molecule has 6 aliphatic carbocycles. The van der Waals surface area contributed by atoms with E-state index in [1.807, 2.05) is 0 Å². The SMILES string of the molecule is C[C@H]1CC(N2c3cc(C4c5ccc(-c6ccccc6)cc5C5(C)CCCCC45C)cc4c3B(c3cc5c(cc3N4c3ccc(C(C)(C)C)cc3)C(C)(C)CCC5(C)C)c3sc4cc5c(cc4c32)C(C)(C)CCC5(C)C)=CC2C1C(C)(C)CCC2(C)C. The van der Waals surface area contributed by atoms with Crippen molar-refractivity contribution in [2.75, 3.05) is 9.80 Å². The highest BCUT2D eigenvalue weighted by atomic mass is 32.1. The molecule has 0 spiro atoms. The number of benzene rings is 6. The number of fused-ring (bicyclic) bond motifs is 12. The van der Waals surface area contributed by atoms with Gasteiger partial charge in [0.15, 0.2) is 0 Å². The minimum absolute atomic E-state index is 0.00439. The van der Waals surface area contributed by atoms with Gasteiger partial charge < -0.3 is 9.80 Å². The van der Waals surface area contributed by atoms with Crippen molar-refractivity contribution in [1.29, 1.82) is 0 Å². The average Bonchev–Trinajstić information content (AvgIpc) is 1.32. The van der Waals surface area contributed by atoms with E-state index in [9.17, 15) is 0 Å². The van der Waals surface area contributed by atoms with Crippen molar-refractivity contribution >= 4 is 72.3 Å². The van der Waals surface area contributed by atoms with Crippen LogP contribution in [0.15, 0.2) is 121 Å². The monoisotopic (exact) mass is 1150 g/mol. The molecule has 1 aromatic heterocycles. The molecule has 3 heterocycles. The summed E-state index contributed by atoms with van der Waals surface area (Å²) in [4.78, 5) is 5.81. The summed E-state index contributed by atoms with van der Waals surface area (Å²) in [7, 11) is 0. The first kappa shape index (κ1) is 57.1. The molecule has 7 aromatic rings. The second-order valence-corrected chi connectivity index (χ2v) is 36.1. The van der Waals surface area contributed by atoms with Crippen LogP contribution in [-0.4, -0.2) is 6.71 Å². The van der Waals surface area contributed by atoms with Gasteiger partial charge in [0.25, 0.3) is 6.71 Å². The van der Waals surface area contributed by atoms with Gasteiger partial charge in [-0.2, -0.15) is 0 Å². The third-order valence-corrected chi connectivity index (χ3v) is 27.2. The minimum Gasteiger partial charge on any atom is -0.314 e. The largest absolute Gasteiger partial charge is 0.314 e. The second-order valence-electron chi connectivity index (χ2n) is 35.0. The molecule has 15 rings (SSSR count). The summed E-state index contributed by atoms with van der Waals surface area (Å²) in [6, 6.07) is 45.5. The molecule has 0 bridgehead atoms. The molecule has 5 unspecified atom stereocenters. The second kappa shape index (κ2) is 18.4. The van der Waals surface area contributed by atoms with Gasteiger partial charge in [-0.05, 0) is 233 Å². The maximum atomic E-state index is 3.00. The molecule has 4 heteroatoms. The van der Waals surface area contributed by atoms with Crippen molar-refractivity contribution in [2.24, 2.45) is 34.0 Å². The molecule has 0 radical (unpaired) electrons. The summed E-state index contributed by atoms with van der Waals surface area (Å²) >= 11 is 2.15. The Morgan fingerprint density at radius 2 is 1.13 bits per heavy atom. The van der Waals surface area contributed by atoms with Gasteiger partial charge in [0.2, 0.25) is 0 Å². The van der Waals surface area contributed by atoms with Crippen LogP contribution < -0.4 is 25.5 Å². The molecular weight excluding hydrogens is 1060 g/mol. The number of hydrogen-bond donors (Lipinski definition) is 0. The first-order valence-corrected chi connectivity index (χ1v) is 34.8. The van der Waals surface area contributed by atoms with E-state index in [0.29, 0.717) is 17.8 Å². The molecule has 6 atom stereocenters. The highest BCUT2D eigenvalue weighted by molar-refractivity contribution is 7.33. The fraction of sp³-hybridized carbons (Fsp3) is 0.512. The standard InChI is InChI=1S/C82H99BN2S/c1-49-40-55(44-63-69(49)80(15,16)39-38-79(63,13)14)85-67-43-52(70-56-31-26-51(50-24-20-19-21-25-50)41-58(56)81(17)32-22-23-33-82(70,81)18)42-66-71(67)83(73-72(85)57-45-59-62(48-68(57)86-73)78(11,12)37-34-75(59,5)6)64-46-60-61(77(9,10)36-35-76(60,7)8)47-65(64)84(66)54-29-27-53(28-30-54)74(2,3)4/h19-21,24-31,41-49,63,69-70H,22-23,32-40H2,1-18H3/t49-,63?,69?,70?,81?,82?/m0/s1. The lowest BCUT2D eigenvalue weighted by Gasteiger charge is -2.56. The van der Waals surface area contributed by atoms with Crippen molar-refractivity contribution in [1.82, 2.24) is 0 Å². The highest BCUT2D eigenvalue weighted by Crippen LogP contribution is 2.68. The van der Waals surface area contributed by atoms with Crippen LogP contribution in [-0.2, 0) is 32.5 Å². The maximum Gasteiger partial charge on any atom is 0.264 e. The number of allylic oxidation sites excluding steroid dienone is 2. The zero-order valence-corrected chi connectivity index (χ0v) is 56.8. The van der Waals surface area contributed by atoms with Crippen LogP contribution >= 0.6 is 11.3 Å². The minimum atomic E-state index is 0.00439. The molecule has 6 aromatic carbocycles. The van der Waals surface area contributed by atoms with Gasteiger partial charge in [-0.15, -0.1) is 11.3 Å². The van der Waals surface area contributed by atoms with Crippen molar-refractivity contribution in [3.8, 4) is 11.1 Å². The smallest absolute Gasteiger partial charge is 0.264 e. The molecule has 2 aliphatic heterocycles. The van der Waals surface area contributed by atoms with Gasteiger partial charge in [0.1, 0.15) is 0 Å². The van der Waals surface area contributed by atoms with Crippen molar-refractivity contribution < 1.29 is 0 Å². The van der Waals surface area contributed by atoms with E-state index in [-0.39, 0.29) is 61.4 Å². The first-order valence-electron chi connectivity index (χ1n) is 33.9. The fourth-order valence-electron chi connectivity index (χ4n) is 20.2. The molecule has 2 nitrogen and oxygen atoms in total. The molecule has 2 fully saturated rings. The Bertz CT molecular complexity index is 4000. The molecule has 0 amide bonds. The Hall–Kier alpha value is -5.32. The molecule has 8 aliphatic rings. The average molecular weight is 1160 g/mol. The quantitative estimate of drug-likeness (QED) is 0.162. The van der Waals surface area contributed by atoms with Gasteiger partial charge in [0.05, 0.1) is 5.69 Å². The van der Waals surface area contributed by atoms with Gasteiger partial charge in [0, 0.05) is 49.2 Å². The lowest BCUT2D eigenvalue weighted by molar-refractivity contribution is -0.0303. The van der Waals surface area contributed by atoms with Gasteiger partial charge in [-0.1, -0.05) is 210 Å². The fourth-order valence-corrected chi connectivity index (χ4v) is 21.5. The number of rotatable bonds is 4. The third kappa shape index (κ3) is 8.06. The van der Waals surface area contributed by atoms with E-state index in [4.69, 9.17) is 0 Å². The van der Waals surface area contributed by atoms with E-state index >= 15 is 0 Å². The number of hydrogen-bond acceptors (Lipinski definition) is 3. The topological polar surface area (TPSA) is 6.48 Å². The van der Waals surface area contributed by atoms with Crippen LogP contribution in [0.25, 0.3) is 21.2 Å². The summed E-state index contributed by atoms with van der Waals surface area (Å²) in [6.07, 6.45) is 16.3. The zero-order chi connectivity index (χ0) is 60.6. The van der Waals surface area contributed by atoms with E-state index in [1.54, 1.807) is 32.6 Å². The Morgan fingerprint density at radius 3 is 1.78 bits per heavy atom. The Morgan fingerprint density at radius 1 is 0.535 bits per heavy atom. The third-order valence-electron chi connectivity index (χ3n) is 25.9. The first-order chi connectivity index (χ1) is 40.4. The normalized spacial score (nSPS) is 28.3. The molecule has 2 saturated carbocycles. The molecule has 0 N–H and O–H groups in total. The predicted octanol–water partition coefficient (Wildman–Crippen LogP) is 21.3. The molecular formula is C82H99BN2S. The van der Waals surface area contributed by atoms with Crippen molar-refractivity contribution in [3.05, 3.63) is 165 Å². The van der Waals surface area contributed by atoms with Crippen molar-refractivity contribution in [3.63, 3.8) is 0 Å². The van der Waals surface area contributed by atoms with Crippen molar-refractivity contribution in [2.45, 2.75) is 234 Å². The van der Waals surface area contributed by atoms with Gasteiger partial charge in [-0.3, -0.25) is 0 Å². The Kier molecular flexibility index (Phi) is 12.2. The van der Waals surface area contributed by atoms with Crippen LogP contribution in [0.4, 0.5) is 28.4 Å².